The number of ether oxygens (including phenoxy) is 1. The van der Waals surface area contributed by atoms with Gasteiger partial charge in [-0.3, -0.25) is 0 Å². The highest BCUT2D eigenvalue weighted by Gasteiger charge is 2.36. The second-order valence-electron chi connectivity index (χ2n) is 5.80. The molecular formula is C18H19F3N2O4. The van der Waals surface area contributed by atoms with Crippen LogP contribution in [0, 0.1) is 0 Å². The quantitative estimate of drug-likeness (QED) is 0.573. The fraction of sp³-hybridized carbons (Fsp3) is 0.278. The Morgan fingerprint density at radius 1 is 1.15 bits per heavy atom. The van der Waals surface area contributed by atoms with Crippen LogP contribution < -0.4 is 11.1 Å². The Bertz CT molecular complexity index is 769. The van der Waals surface area contributed by atoms with Gasteiger partial charge in [-0.05, 0) is 23.3 Å². The molecule has 2 rings (SSSR count). The van der Waals surface area contributed by atoms with E-state index in [1.165, 1.54) is 6.07 Å². The molecule has 0 fully saturated rings. The number of nitrogens with two attached hydrogens (primary N) is 1. The van der Waals surface area contributed by atoms with E-state index in [2.05, 4.69) is 5.32 Å². The second-order valence-corrected chi connectivity index (χ2v) is 5.80. The lowest BCUT2D eigenvalue weighted by Gasteiger charge is -2.22. The summed E-state index contributed by atoms with van der Waals surface area (Å²) in [5.41, 5.74) is 4.28. The topological polar surface area (TPSA) is 105 Å². The normalized spacial score (nSPS) is 13.7. The number of nitrogen functional groups attached to an aromatic ring is 1. The molecule has 2 unspecified atom stereocenters. The molecule has 1 amide bonds. The minimum absolute atomic E-state index is 0.0124. The van der Waals surface area contributed by atoms with Gasteiger partial charge in [-0.2, -0.15) is 13.2 Å². The maximum Gasteiger partial charge on any atom is 0.416 e. The largest absolute Gasteiger partial charge is 0.445 e. The number of aliphatic hydroxyl groups is 2. The molecule has 0 aliphatic rings. The number of alkyl halides is 3. The van der Waals surface area contributed by atoms with Crippen LogP contribution in [-0.4, -0.2) is 29.0 Å². The first-order valence-electron chi connectivity index (χ1n) is 7.96. The van der Waals surface area contributed by atoms with E-state index in [1.807, 2.05) is 0 Å². The van der Waals surface area contributed by atoms with Gasteiger partial charge in [0.1, 0.15) is 18.8 Å². The third kappa shape index (κ3) is 5.87. The van der Waals surface area contributed by atoms with Crippen LogP contribution in [0.15, 0.2) is 48.5 Å². The number of carbonyl (C=O) groups excluding carboxylic acids is 1. The molecule has 2 aromatic carbocycles. The zero-order chi connectivity index (χ0) is 20.0. The number of nitrogens with one attached hydrogen (secondary N) is 1. The molecule has 5 N–H and O–H groups in total. The predicted octanol–water partition coefficient (Wildman–Crippen LogP) is 2.61. The van der Waals surface area contributed by atoms with Gasteiger partial charge in [-0.15, -0.1) is 0 Å². The lowest BCUT2D eigenvalue weighted by molar-refractivity contribution is -0.139. The number of anilines is 1. The van der Waals surface area contributed by atoms with Crippen LogP contribution >= 0.6 is 0 Å². The summed E-state index contributed by atoms with van der Waals surface area (Å²) in [7, 11) is 0. The maximum atomic E-state index is 13.1. The molecule has 0 aliphatic carbocycles. The van der Waals surface area contributed by atoms with Gasteiger partial charge in [0.2, 0.25) is 0 Å². The van der Waals surface area contributed by atoms with Crippen molar-refractivity contribution in [2.24, 2.45) is 0 Å². The van der Waals surface area contributed by atoms with E-state index in [0.717, 1.165) is 11.6 Å². The van der Waals surface area contributed by atoms with Crippen molar-refractivity contribution in [1.29, 1.82) is 0 Å². The van der Waals surface area contributed by atoms with Crippen molar-refractivity contribution in [1.82, 2.24) is 5.32 Å². The number of amides is 1. The Hall–Kier alpha value is -2.78. The van der Waals surface area contributed by atoms with E-state index in [9.17, 15) is 28.2 Å². The Morgan fingerprint density at radius 2 is 1.81 bits per heavy atom. The first kappa shape index (κ1) is 20.5. The summed E-state index contributed by atoms with van der Waals surface area (Å²) < 4.78 is 44.2. The van der Waals surface area contributed by atoms with Gasteiger partial charge in [-0.25, -0.2) is 4.79 Å². The predicted molar refractivity (Wildman–Crippen MR) is 91.5 cm³/mol. The fourth-order valence-corrected chi connectivity index (χ4v) is 2.36. The Balaban J connectivity index is 1.94. The lowest BCUT2D eigenvalue weighted by Crippen LogP contribution is -2.36. The molecule has 9 heteroatoms. The average molecular weight is 384 g/mol. The highest BCUT2D eigenvalue weighted by Crippen LogP contribution is 2.36. The number of hydrogen-bond acceptors (Lipinski definition) is 5. The molecule has 6 nitrogen and oxygen atoms in total. The molecule has 0 aromatic heterocycles. The van der Waals surface area contributed by atoms with Crippen molar-refractivity contribution < 1.29 is 32.9 Å². The Morgan fingerprint density at radius 3 is 2.44 bits per heavy atom. The van der Waals surface area contributed by atoms with Gasteiger partial charge in [-0.1, -0.05) is 36.4 Å². The number of hydrogen-bond donors (Lipinski definition) is 4. The van der Waals surface area contributed by atoms with Crippen molar-refractivity contribution >= 4 is 11.8 Å². The van der Waals surface area contributed by atoms with E-state index in [4.69, 9.17) is 10.5 Å². The summed E-state index contributed by atoms with van der Waals surface area (Å²) in [6.45, 7) is -0.516. The van der Waals surface area contributed by atoms with Gasteiger partial charge in [0.05, 0.1) is 5.56 Å². The summed E-state index contributed by atoms with van der Waals surface area (Å²) in [5, 5.41) is 22.2. The van der Waals surface area contributed by atoms with Crippen molar-refractivity contribution in [2.45, 2.75) is 25.0 Å². The molecule has 0 saturated heterocycles. The van der Waals surface area contributed by atoms with Crippen LogP contribution in [-0.2, 0) is 17.5 Å². The molecule has 0 heterocycles. The van der Waals surface area contributed by atoms with Gasteiger partial charge in [0.15, 0.2) is 0 Å². The van der Waals surface area contributed by atoms with Crippen molar-refractivity contribution in [3.05, 3.63) is 65.2 Å². The van der Waals surface area contributed by atoms with Gasteiger partial charge >= 0.3 is 12.3 Å². The number of halogens is 3. The molecule has 0 radical (unpaired) electrons. The summed E-state index contributed by atoms with van der Waals surface area (Å²) >= 11 is 0. The second kappa shape index (κ2) is 8.74. The van der Waals surface area contributed by atoms with Crippen LogP contribution in [0.2, 0.25) is 0 Å². The molecule has 0 bridgehead atoms. The smallest absolute Gasteiger partial charge is 0.416 e. The Kier molecular flexibility index (Phi) is 6.65. The van der Waals surface area contributed by atoms with Crippen LogP contribution in [0.3, 0.4) is 0 Å². The molecule has 0 aliphatic heterocycles. The molecule has 2 atom stereocenters. The monoisotopic (exact) mass is 384 g/mol. The number of alkyl carbamates (subject to hydrolysis) is 1. The molecular weight excluding hydrogens is 365 g/mol. The van der Waals surface area contributed by atoms with Crippen LogP contribution in [0.4, 0.5) is 23.7 Å². The highest BCUT2D eigenvalue weighted by atomic mass is 19.4. The summed E-state index contributed by atoms with van der Waals surface area (Å²) in [6.07, 6.45) is -9.19. The van der Waals surface area contributed by atoms with Gasteiger partial charge < -0.3 is 26.0 Å². The van der Waals surface area contributed by atoms with Crippen molar-refractivity contribution in [3.8, 4) is 0 Å². The van der Waals surface area contributed by atoms with Crippen molar-refractivity contribution in [2.75, 3.05) is 12.3 Å². The molecule has 0 saturated carbocycles. The third-order valence-corrected chi connectivity index (χ3v) is 3.73. The number of carbonyl (C=O) groups is 1. The Labute approximate surface area is 153 Å². The van der Waals surface area contributed by atoms with E-state index in [0.29, 0.717) is 6.07 Å². The minimum atomic E-state index is -4.76. The fourth-order valence-electron chi connectivity index (χ4n) is 2.36. The molecule has 2 aromatic rings. The minimum Gasteiger partial charge on any atom is -0.445 e. The van der Waals surface area contributed by atoms with E-state index < -0.39 is 42.1 Å². The van der Waals surface area contributed by atoms with Crippen LogP contribution in [0.25, 0.3) is 0 Å². The molecule has 0 spiro atoms. The number of benzene rings is 2. The maximum absolute atomic E-state index is 13.1. The first-order chi connectivity index (χ1) is 12.7. The summed E-state index contributed by atoms with van der Waals surface area (Å²) in [6, 6.07) is 11.7. The summed E-state index contributed by atoms with van der Waals surface area (Å²) in [5.74, 6) is 0. The lowest BCUT2D eigenvalue weighted by atomic mass is 9.97. The third-order valence-electron chi connectivity index (χ3n) is 3.73. The van der Waals surface area contributed by atoms with Crippen LogP contribution in [0.1, 0.15) is 22.8 Å². The van der Waals surface area contributed by atoms with Gasteiger partial charge in [0.25, 0.3) is 0 Å². The molecule has 27 heavy (non-hydrogen) atoms. The zero-order valence-electron chi connectivity index (χ0n) is 14.1. The number of rotatable bonds is 6. The first-order valence-corrected chi connectivity index (χ1v) is 7.96. The standard InChI is InChI=1S/C18H19F3N2O4/c19-18(20,21)14-8-12(22)6-7-13(14)16(25)15(24)9-23-17(26)27-10-11-4-2-1-3-5-11/h1-8,15-16,24-25H,9-10,22H2,(H,23,26). The number of aliphatic hydroxyl groups excluding tert-OH is 2. The summed E-state index contributed by atoms with van der Waals surface area (Å²) in [4.78, 5) is 11.6. The van der Waals surface area contributed by atoms with E-state index in [-0.39, 0.29) is 12.3 Å². The van der Waals surface area contributed by atoms with Crippen molar-refractivity contribution in [3.63, 3.8) is 0 Å². The van der Waals surface area contributed by atoms with Gasteiger partial charge in [0, 0.05) is 12.2 Å². The van der Waals surface area contributed by atoms with Crippen LogP contribution in [0.5, 0.6) is 0 Å². The SMILES string of the molecule is Nc1ccc(C(O)C(O)CNC(=O)OCc2ccccc2)c(C(F)(F)F)c1. The van der Waals surface area contributed by atoms with E-state index in [1.54, 1.807) is 30.3 Å². The highest BCUT2D eigenvalue weighted by molar-refractivity contribution is 5.67. The zero-order valence-corrected chi connectivity index (χ0v) is 14.1. The van der Waals surface area contributed by atoms with E-state index >= 15 is 0 Å². The molecule has 146 valence electrons. The average Bonchev–Trinajstić information content (AvgIpc) is 2.64.